The van der Waals surface area contributed by atoms with Crippen molar-refractivity contribution in [2.24, 2.45) is 11.7 Å². The number of nitrogens with zero attached hydrogens (tertiary/aromatic N) is 1. The molecule has 1 aliphatic rings. The predicted molar refractivity (Wildman–Crippen MR) is 58.5 cm³/mol. The van der Waals surface area contributed by atoms with Gasteiger partial charge in [0.25, 0.3) is 0 Å². The summed E-state index contributed by atoms with van der Waals surface area (Å²) in [5.74, 6) is -0.236. The minimum atomic E-state index is -0.202. The van der Waals surface area contributed by atoms with Gasteiger partial charge in [-0.05, 0) is 30.9 Å². The quantitative estimate of drug-likeness (QED) is 0.747. The van der Waals surface area contributed by atoms with Crippen molar-refractivity contribution in [3.8, 4) is 0 Å². The van der Waals surface area contributed by atoms with Crippen LogP contribution in [0.5, 0.6) is 0 Å². The first kappa shape index (κ1) is 9.96. The Morgan fingerprint density at radius 2 is 2.47 bits per heavy atom. The van der Waals surface area contributed by atoms with E-state index in [1.54, 1.807) is 6.20 Å². The molecule has 0 radical (unpaired) electrons. The van der Waals surface area contributed by atoms with Crippen LogP contribution in [-0.4, -0.2) is 17.9 Å². The van der Waals surface area contributed by atoms with Gasteiger partial charge in [0.15, 0.2) is 0 Å². The summed E-state index contributed by atoms with van der Waals surface area (Å²) in [5.41, 5.74) is 8.64. The van der Waals surface area contributed by atoms with Crippen LogP contribution in [0.3, 0.4) is 0 Å². The fourth-order valence-corrected chi connectivity index (χ4v) is 2.12. The van der Waals surface area contributed by atoms with Crippen molar-refractivity contribution >= 4 is 11.6 Å². The summed E-state index contributed by atoms with van der Waals surface area (Å²) in [6, 6.07) is 1.93. The number of carbonyl (C=O) groups is 1. The summed E-state index contributed by atoms with van der Waals surface area (Å²) in [5, 5.41) is 3.12. The molecule has 1 aliphatic carbocycles. The minimum absolute atomic E-state index is 0.0335. The molecule has 0 aliphatic heterocycles. The van der Waals surface area contributed by atoms with Gasteiger partial charge < -0.3 is 11.1 Å². The van der Waals surface area contributed by atoms with Crippen molar-refractivity contribution in [1.29, 1.82) is 0 Å². The molecule has 4 heteroatoms. The van der Waals surface area contributed by atoms with Gasteiger partial charge in [-0.25, -0.2) is 0 Å². The fraction of sp³-hybridized carbons (Fsp3) is 0.455. The zero-order chi connectivity index (χ0) is 10.8. The minimum Gasteiger partial charge on any atom is -0.388 e. The van der Waals surface area contributed by atoms with Crippen molar-refractivity contribution < 1.29 is 4.79 Å². The molecule has 1 unspecified atom stereocenters. The largest absolute Gasteiger partial charge is 0.388 e. The highest BCUT2D eigenvalue weighted by atomic mass is 16.1. The number of rotatable bonds is 2. The summed E-state index contributed by atoms with van der Waals surface area (Å²) in [7, 11) is 1.88. The van der Waals surface area contributed by atoms with E-state index in [9.17, 15) is 4.79 Å². The molecular weight excluding hydrogens is 190 g/mol. The number of aromatic nitrogens is 1. The van der Waals surface area contributed by atoms with Crippen molar-refractivity contribution in [2.75, 3.05) is 12.4 Å². The molecule has 3 N–H and O–H groups in total. The van der Waals surface area contributed by atoms with E-state index >= 15 is 0 Å². The predicted octanol–water partition coefficient (Wildman–Crippen LogP) is 0.713. The van der Waals surface area contributed by atoms with Crippen LogP contribution in [0.2, 0.25) is 0 Å². The van der Waals surface area contributed by atoms with Crippen LogP contribution in [0, 0.1) is 5.92 Å². The molecule has 0 saturated carbocycles. The number of hydrogen-bond acceptors (Lipinski definition) is 3. The van der Waals surface area contributed by atoms with Crippen LogP contribution in [-0.2, 0) is 17.6 Å². The second kappa shape index (κ2) is 3.88. The van der Waals surface area contributed by atoms with Crippen molar-refractivity contribution in [3.05, 3.63) is 23.5 Å². The van der Waals surface area contributed by atoms with Crippen LogP contribution < -0.4 is 11.1 Å². The Morgan fingerprint density at radius 3 is 3.13 bits per heavy atom. The Hall–Kier alpha value is -1.58. The molecular formula is C11H15N3O. The van der Waals surface area contributed by atoms with Gasteiger partial charge in [-0.2, -0.15) is 0 Å². The van der Waals surface area contributed by atoms with Crippen LogP contribution in [0.1, 0.15) is 17.7 Å². The van der Waals surface area contributed by atoms with E-state index in [0.29, 0.717) is 6.42 Å². The van der Waals surface area contributed by atoms with Gasteiger partial charge in [-0.1, -0.05) is 0 Å². The second-order valence-corrected chi connectivity index (χ2v) is 3.88. The second-order valence-electron chi connectivity index (χ2n) is 3.88. The smallest absolute Gasteiger partial charge is 0.220 e. The molecule has 1 aromatic heterocycles. The van der Waals surface area contributed by atoms with Gasteiger partial charge in [-0.15, -0.1) is 0 Å². The van der Waals surface area contributed by atoms with Gasteiger partial charge in [0.1, 0.15) is 0 Å². The standard InChI is InChI=1S/C11H15N3O/c1-13-9-4-5-14-10-3-2-7(11(12)15)6-8(9)10/h4-5,7H,2-3,6H2,1H3,(H2,12,15)(H,13,14). The molecule has 0 fully saturated rings. The van der Waals surface area contributed by atoms with Crippen molar-refractivity contribution in [1.82, 2.24) is 4.98 Å². The van der Waals surface area contributed by atoms with E-state index in [1.165, 1.54) is 0 Å². The van der Waals surface area contributed by atoms with E-state index < -0.39 is 0 Å². The summed E-state index contributed by atoms with van der Waals surface area (Å²) in [6.45, 7) is 0. The third-order valence-electron chi connectivity index (χ3n) is 3.00. The van der Waals surface area contributed by atoms with Crippen LogP contribution in [0.25, 0.3) is 0 Å². The normalized spacial score (nSPS) is 19.4. The topological polar surface area (TPSA) is 68.0 Å². The molecule has 0 saturated heterocycles. The van der Waals surface area contributed by atoms with Crippen molar-refractivity contribution in [2.45, 2.75) is 19.3 Å². The molecule has 1 amide bonds. The van der Waals surface area contributed by atoms with Crippen LogP contribution in [0.15, 0.2) is 12.3 Å². The van der Waals surface area contributed by atoms with E-state index in [-0.39, 0.29) is 11.8 Å². The van der Waals surface area contributed by atoms with E-state index in [1.807, 2.05) is 13.1 Å². The lowest BCUT2D eigenvalue weighted by atomic mass is 9.85. The lowest BCUT2D eigenvalue weighted by Gasteiger charge is -2.23. The summed E-state index contributed by atoms with van der Waals surface area (Å²) < 4.78 is 0. The lowest BCUT2D eigenvalue weighted by molar-refractivity contribution is -0.122. The molecule has 0 aromatic carbocycles. The molecule has 1 aromatic rings. The highest BCUT2D eigenvalue weighted by molar-refractivity contribution is 5.77. The van der Waals surface area contributed by atoms with Gasteiger partial charge in [0.05, 0.1) is 0 Å². The summed E-state index contributed by atoms with van der Waals surface area (Å²) >= 11 is 0. The number of fused-ring (bicyclic) bond motifs is 1. The van der Waals surface area contributed by atoms with E-state index in [2.05, 4.69) is 10.3 Å². The molecule has 1 heterocycles. The maximum atomic E-state index is 11.1. The number of carbonyl (C=O) groups excluding carboxylic acids is 1. The van der Waals surface area contributed by atoms with Gasteiger partial charge in [0, 0.05) is 30.5 Å². The maximum absolute atomic E-state index is 11.1. The number of primary amides is 1. The third-order valence-corrected chi connectivity index (χ3v) is 3.00. The molecule has 15 heavy (non-hydrogen) atoms. The number of anilines is 1. The monoisotopic (exact) mass is 205 g/mol. The highest BCUT2D eigenvalue weighted by Crippen LogP contribution is 2.29. The average Bonchev–Trinajstić information content (AvgIpc) is 2.27. The third kappa shape index (κ3) is 1.79. The first-order valence-electron chi connectivity index (χ1n) is 5.16. The molecule has 0 spiro atoms. The van der Waals surface area contributed by atoms with Crippen LogP contribution >= 0.6 is 0 Å². The summed E-state index contributed by atoms with van der Waals surface area (Å²) in [6.07, 6.45) is 4.19. The number of hydrogen-bond donors (Lipinski definition) is 2. The summed E-state index contributed by atoms with van der Waals surface area (Å²) in [4.78, 5) is 15.5. The Morgan fingerprint density at radius 1 is 1.67 bits per heavy atom. The number of aryl methyl sites for hydroxylation is 1. The SMILES string of the molecule is CNc1ccnc2c1CC(C(N)=O)CC2. The number of pyridine rings is 1. The maximum Gasteiger partial charge on any atom is 0.220 e. The fourth-order valence-electron chi connectivity index (χ4n) is 2.12. The van der Waals surface area contributed by atoms with Gasteiger partial charge in [0.2, 0.25) is 5.91 Å². The Labute approximate surface area is 88.9 Å². The van der Waals surface area contributed by atoms with Crippen LogP contribution in [0.4, 0.5) is 5.69 Å². The lowest BCUT2D eigenvalue weighted by Crippen LogP contribution is -2.29. The van der Waals surface area contributed by atoms with E-state index in [0.717, 1.165) is 29.8 Å². The number of amides is 1. The Balaban J connectivity index is 2.34. The molecule has 0 bridgehead atoms. The number of nitrogens with one attached hydrogen (secondary N) is 1. The first-order chi connectivity index (χ1) is 7.22. The van der Waals surface area contributed by atoms with Gasteiger partial charge >= 0.3 is 0 Å². The zero-order valence-electron chi connectivity index (χ0n) is 8.79. The Bertz CT molecular complexity index is 375. The first-order valence-corrected chi connectivity index (χ1v) is 5.16. The zero-order valence-corrected chi connectivity index (χ0v) is 8.79. The molecule has 1 atom stereocenters. The molecule has 4 nitrogen and oxygen atoms in total. The van der Waals surface area contributed by atoms with Crippen molar-refractivity contribution in [3.63, 3.8) is 0 Å². The average molecular weight is 205 g/mol. The molecule has 80 valence electrons. The molecule has 2 rings (SSSR count). The highest BCUT2D eigenvalue weighted by Gasteiger charge is 2.25. The number of nitrogens with two attached hydrogens (primary N) is 1. The van der Waals surface area contributed by atoms with Gasteiger partial charge in [-0.3, -0.25) is 9.78 Å². The van der Waals surface area contributed by atoms with E-state index in [4.69, 9.17) is 5.73 Å². The Kier molecular flexibility index (Phi) is 2.58.